The minimum Gasteiger partial charge on any atom is -0.228 e. The summed E-state index contributed by atoms with van der Waals surface area (Å²) >= 11 is 3.55. The third-order valence-corrected chi connectivity index (χ3v) is 11.4. The first-order valence-corrected chi connectivity index (χ1v) is 18.1. The monoisotopic (exact) mass is 674 g/mol. The van der Waals surface area contributed by atoms with Crippen molar-refractivity contribution in [3.8, 4) is 56.5 Å². The molecule has 4 nitrogen and oxygen atoms in total. The maximum atomic E-state index is 5.32. The molecule has 0 amide bonds. The summed E-state index contributed by atoms with van der Waals surface area (Å²) in [7, 11) is 0. The Morgan fingerprint density at radius 1 is 0.380 bits per heavy atom. The van der Waals surface area contributed by atoms with Crippen LogP contribution in [0.4, 0.5) is 0 Å². The van der Waals surface area contributed by atoms with E-state index in [2.05, 4.69) is 115 Å². The fraction of sp³-hybridized carbons (Fsp3) is 0. The molecule has 0 saturated heterocycles. The van der Waals surface area contributed by atoms with Crippen LogP contribution in [0.15, 0.2) is 158 Å². The van der Waals surface area contributed by atoms with Gasteiger partial charge in [0.25, 0.3) is 0 Å². The highest BCUT2D eigenvalue weighted by molar-refractivity contribution is 7.26. The maximum absolute atomic E-state index is 5.32. The van der Waals surface area contributed by atoms with Gasteiger partial charge in [0, 0.05) is 58.1 Å². The average molecular weight is 675 g/mol. The number of thiophene rings is 2. The van der Waals surface area contributed by atoms with Crippen molar-refractivity contribution in [1.82, 2.24) is 19.9 Å². The van der Waals surface area contributed by atoms with Crippen molar-refractivity contribution in [1.29, 1.82) is 0 Å². The van der Waals surface area contributed by atoms with E-state index >= 15 is 0 Å². The second-order valence-corrected chi connectivity index (χ2v) is 14.4. The van der Waals surface area contributed by atoms with Crippen molar-refractivity contribution in [3.63, 3.8) is 0 Å². The Balaban J connectivity index is 1.20. The van der Waals surface area contributed by atoms with Crippen molar-refractivity contribution in [3.05, 3.63) is 158 Å². The summed E-state index contributed by atoms with van der Waals surface area (Å²) in [4.78, 5) is 20.9. The Hall–Kier alpha value is -6.08. The van der Waals surface area contributed by atoms with Crippen LogP contribution in [0.25, 0.3) is 97.0 Å². The van der Waals surface area contributed by atoms with Crippen LogP contribution in [0.5, 0.6) is 0 Å². The summed E-state index contributed by atoms with van der Waals surface area (Å²) in [5.41, 5.74) is 8.92. The van der Waals surface area contributed by atoms with Gasteiger partial charge in [-0.1, -0.05) is 121 Å². The predicted molar refractivity (Wildman–Crippen MR) is 211 cm³/mol. The summed E-state index contributed by atoms with van der Waals surface area (Å²) in [6.07, 6.45) is 0. The summed E-state index contributed by atoms with van der Waals surface area (Å²) in [5, 5.41) is 3.45. The van der Waals surface area contributed by atoms with E-state index in [9.17, 15) is 0 Å². The molecule has 0 spiro atoms. The van der Waals surface area contributed by atoms with Crippen LogP contribution in [0, 0.1) is 0 Å². The zero-order valence-corrected chi connectivity index (χ0v) is 28.2. The second kappa shape index (κ2) is 11.8. The van der Waals surface area contributed by atoms with E-state index < -0.39 is 0 Å². The summed E-state index contributed by atoms with van der Waals surface area (Å²) in [6, 6.07) is 54.8. The number of aromatic nitrogens is 4. The third kappa shape index (κ3) is 4.88. The molecule has 6 aromatic carbocycles. The molecule has 10 rings (SSSR count). The first-order valence-electron chi connectivity index (χ1n) is 16.5. The van der Waals surface area contributed by atoms with E-state index in [1.165, 1.54) is 14.1 Å². The Morgan fingerprint density at radius 3 is 1.72 bits per heavy atom. The van der Waals surface area contributed by atoms with Crippen molar-refractivity contribution in [2.24, 2.45) is 0 Å². The Morgan fingerprint density at radius 2 is 1.00 bits per heavy atom. The highest BCUT2D eigenvalue weighted by Gasteiger charge is 2.20. The van der Waals surface area contributed by atoms with E-state index in [-0.39, 0.29) is 0 Å². The van der Waals surface area contributed by atoms with E-state index in [4.69, 9.17) is 19.9 Å². The summed E-state index contributed by atoms with van der Waals surface area (Å²) in [5.74, 6) is 1.42. The molecule has 0 aliphatic carbocycles. The molecular weight excluding hydrogens is 649 g/mol. The van der Waals surface area contributed by atoms with Crippen molar-refractivity contribution in [2.75, 3.05) is 0 Å². The lowest BCUT2D eigenvalue weighted by molar-refractivity contribution is 1.18. The van der Waals surface area contributed by atoms with Gasteiger partial charge in [-0.25, -0.2) is 19.9 Å². The Bertz CT molecular complexity index is 2800. The lowest BCUT2D eigenvalue weighted by Gasteiger charge is -2.10. The second-order valence-electron chi connectivity index (χ2n) is 12.2. The zero-order chi connectivity index (χ0) is 33.0. The van der Waals surface area contributed by atoms with Crippen molar-refractivity contribution >= 4 is 63.1 Å². The van der Waals surface area contributed by atoms with Crippen LogP contribution < -0.4 is 0 Å². The summed E-state index contributed by atoms with van der Waals surface area (Å²) < 4.78 is 4.71. The number of benzene rings is 6. The molecule has 234 valence electrons. The van der Waals surface area contributed by atoms with Crippen molar-refractivity contribution in [2.45, 2.75) is 0 Å². The molecule has 0 aliphatic heterocycles. The quantitative estimate of drug-likeness (QED) is 0.182. The largest absolute Gasteiger partial charge is 0.228 e. The minimum absolute atomic E-state index is 0.692. The highest BCUT2D eigenvalue weighted by Crippen LogP contribution is 2.44. The molecule has 0 N–H and O–H groups in total. The standard InChI is InChI=1S/C44H26N4S2/c1-4-13-27(14-5-1)34-26-35(28-15-6-2-7-16-28)46-43(45-34)30-23-24-37-33(25-30)39-32(20-12-22-38(39)49-37)44-47-40(29-17-8-3-9-18-29)42-41(48-44)31-19-10-11-21-36(31)50-42/h1-26H. The highest BCUT2D eigenvalue weighted by atomic mass is 32.1. The average Bonchev–Trinajstić information content (AvgIpc) is 3.76. The Labute approximate surface area is 296 Å². The lowest BCUT2D eigenvalue weighted by Crippen LogP contribution is -1.96. The maximum Gasteiger partial charge on any atom is 0.161 e. The minimum atomic E-state index is 0.692. The normalized spacial score (nSPS) is 11.6. The van der Waals surface area contributed by atoms with E-state index in [0.29, 0.717) is 5.82 Å². The first kappa shape index (κ1) is 28.9. The Kier molecular flexibility index (Phi) is 6.82. The number of fused-ring (bicyclic) bond motifs is 6. The molecule has 0 saturated carbocycles. The number of rotatable bonds is 5. The lowest BCUT2D eigenvalue weighted by atomic mass is 10.0. The van der Waals surface area contributed by atoms with Gasteiger partial charge in [0.05, 0.1) is 27.3 Å². The first-order chi connectivity index (χ1) is 24.8. The van der Waals surface area contributed by atoms with Crippen LogP contribution in [0.1, 0.15) is 0 Å². The van der Waals surface area contributed by atoms with E-state index in [1.807, 2.05) is 42.5 Å². The van der Waals surface area contributed by atoms with E-state index in [1.54, 1.807) is 22.7 Å². The van der Waals surface area contributed by atoms with Gasteiger partial charge in [-0.2, -0.15) is 0 Å². The predicted octanol–water partition coefficient (Wildman–Crippen LogP) is 12.3. The van der Waals surface area contributed by atoms with Crippen molar-refractivity contribution < 1.29 is 0 Å². The fourth-order valence-corrected chi connectivity index (χ4v) is 9.01. The van der Waals surface area contributed by atoms with Gasteiger partial charge in [-0.05, 0) is 36.4 Å². The van der Waals surface area contributed by atoms with Crippen LogP contribution in [-0.2, 0) is 0 Å². The summed E-state index contributed by atoms with van der Waals surface area (Å²) in [6.45, 7) is 0. The molecule has 0 bridgehead atoms. The molecule has 0 fully saturated rings. The van der Waals surface area contributed by atoms with Gasteiger partial charge in [0.15, 0.2) is 11.6 Å². The molecule has 6 heteroatoms. The third-order valence-electron chi connectivity index (χ3n) is 9.13. The number of nitrogens with zero attached hydrogens (tertiary/aromatic N) is 4. The van der Waals surface area contributed by atoms with Crippen LogP contribution in [0.3, 0.4) is 0 Å². The van der Waals surface area contributed by atoms with Gasteiger partial charge in [0.1, 0.15) is 0 Å². The molecule has 10 aromatic rings. The molecule has 4 aromatic heterocycles. The van der Waals surface area contributed by atoms with Gasteiger partial charge >= 0.3 is 0 Å². The molecular formula is C44H26N4S2. The van der Waals surface area contributed by atoms with Gasteiger partial charge in [-0.3, -0.25) is 0 Å². The van der Waals surface area contributed by atoms with Crippen LogP contribution in [0.2, 0.25) is 0 Å². The molecule has 0 atom stereocenters. The molecule has 50 heavy (non-hydrogen) atoms. The number of hydrogen-bond acceptors (Lipinski definition) is 6. The van der Waals surface area contributed by atoms with Gasteiger partial charge in [-0.15, -0.1) is 22.7 Å². The van der Waals surface area contributed by atoms with Crippen LogP contribution >= 0.6 is 22.7 Å². The smallest absolute Gasteiger partial charge is 0.161 e. The van der Waals surface area contributed by atoms with Gasteiger partial charge < -0.3 is 0 Å². The molecule has 0 radical (unpaired) electrons. The van der Waals surface area contributed by atoms with Crippen LogP contribution in [-0.4, -0.2) is 19.9 Å². The topological polar surface area (TPSA) is 51.6 Å². The number of hydrogen-bond donors (Lipinski definition) is 0. The van der Waals surface area contributed by atoms with Gasteiger partial charge in [0.2, 0.25) is 0 Å². The van der Waals surface area contributed by atoms with E-state index in [0.717, 1.165) is 77.1 Å². The zero-order valence-electron chi connectivity index (χ0n) is 26.6. The molecule has 0 unspecified atom stereocenters. The fourth-order valence-electron chi connectivity index (χ4n) is 6.75. The SMILES string of the molecule is c1ccc(-c2cc(-c3ccccc3)nc(-c3ccc4sc5cccc(-c6nc(-c7ccccc7)c7sc8ccccc8c7n6)c5c4c3)n2)cc1. The molecule has 4 heterocycles. The molecule has 0 aliphatic rings.